The fraction of sp³-hybridized carbons (Fsp3) is 0.267. The van der Waals surface area contributed by atoms with Crippen LogP contribution in [-0.2, 0) is 6.42 Å². The van der Waals surface area contributed by atoms with Gasteiger partial charge in [0.15, 0.2) is 4.77 Å². The van der Waals surface area contributed by atoms with E-state index in [1.807, 2.05) is 12.3 Å². The van der Waals surface area contributed by atoms with Crippen LogP contribution in [0.2, 0.25) is 0 Å². The predicted octanol–water partition coefficient (Wildman–Crippen LogP) is 4.39. The number of aromatic amines is 2. The zero-order chi connectivity index (χ0) is 14.1. The second-order valence-corrected chi connectivity index (χ2v) is 5.44. The highest BCUT2D eigenvalue weighted by Crippen LogP contribution is 2.37. The SMILES string of the molecule is Fc1ccc(C2=CCCC2Cc2c[nH]c(=S)[nH]2)c(F)c1. The summed E-state index contributed by atoms with van der Waals surface area (Å²) < 4.78 is 27.5. The third-order valence-electron chi connectivity index (χ3n) is 3.68. The summed E-state index contributed by atoms with van der Waals surface area (Å²) in [6, 6.07) is 3.77. The monoisotopic (exact) mass is 292 g/mol. The Labute approximate surface area is 120 Å². The van der Waals surface area contributed by atoms with Crippen molar-refractivity contribution in [1.29, 1.82) is 0 Å². The molecule has 0 radical (unpaired) electrons. The van der Waals surface area contributed by atoms with Crippen molar-refractivity contribution in [3.8, 4) is 0 Å². The van der Waals surface area contributed by atoms with Gasteiger partial charge in [-0.05, 0) is 55.1 Å². The standard InChI is InChI=1S/C15H14F2N2S/c16-10-4-5-13(14(17)7-10)12-3-1-2-9(12)6-11-8-18-15(20)19-11/h3-5,7-9H,1-2,6H2,(H2,18,19,20). The first kappa shape index (κ1) is 13.2. The molecule has 2 aromatic rings. The van der Waals surface area contributed by atoms with E-state index in [0.29, 0.717) is 10.3 Å². The molecule has 1 aliphatic rings. The maximum absolute atomic E-state index is 13.9. The van der Waals surface area contributed by atoms with E-state index in [1.54, 1.807) is 0 Å². The van der Waals surface area contributed by atoms with Gasteiger partial charge >= 0.3 is 0 Å². The van der Waals surface area contributed by atoms with Gasteiger partial charge in [-0.1, -0.05) is 6.08 Å². The first-order chi connectivity index (χ1) is 9.63. The number of aromatic nitrogens is 2. The van der Waals surface area contributed by atoms with E-state index in [0.717, 1.165) is 36.6 Å². The summed E-state index contributed by atoms with van der Waals surface area (Å²) >= 11 is 5.00. The minimum absolute atomic E-state index is 0.233. The Bertz CT molecular complexity index is 715. The van der Waals surface area contributed by atoms with Gasteiger partial charge in [0.25, 0.3) is 0 Å². The summed E-state index contributed by atoms with van der Waals surface area (Å²) in [5.41, 5.74) is 2.47. The number of imidazole rings is 1. The summed E-state index contributed by atoms with van der Waals surface area (Å²) in [4.78, 5) is 6.01. The molecule has 1 heterocycles. The average molecular weight is 292 g/mol. The van der Waals surface area contributed by atoms with E-state index < -0.39 is 11.6 Å². The molecule has 20 heavy (non-hydrogen) atoms. The van der Waals surface area contributed by atoms with Gasteiger partial charge in [0.05, 0.1) is 0 Å². The van der Waals surface area contributed by atoms with Gasteiger partial charge in [-0.25, -0.2) is 8.78 Å². The second kappa shape index (κ2) is 5.32. The lowest BCUT2D eigenvalue weighted by molar-refractivity contribution is 0.575. The Morgan fingerprint density at radius 1 is 1.30 bits per heavy atom. The molecule has 1 aromatic carbocycles. The molecular weight excluding hydrogens is 278 g/mol. The normalized spacial score (nSPS) is 18.3. The Hall–Kier alpha value is -1.75. The van der Waals surface area contributed by atoms with Crippen molar-refractivity contribution in [2.45, 2.75) is 19.3 Å². The lowest BCUT2D eigenvalue weighted by Crippen LogP contribution is -2.05. The molecule has 1 atom stereocenters. The van der Waals surface area contributed by atoms with Crippen LogP contribution in [0, 0.1) is 22.3 Å². The first-order valence-corrected chi connectivity index (χ1v) is 6.96. The van der Waals surface area contributed by atoms with Gasteiger partial charge in [-0.15, -0.1) is 0 Å². The smallest absolute Gasteiger partial charge is 0.174 e. The molecule has 0 spiro atoms. The van der Waals surface area contributed by atoms with Crippen molar-refractivity contribution in [1.82, 2.24) is 9.97 Å². The van der Waals surface area contributed by atoms with Crippen LogP contribution in [-0.4, -0.2) is 9.97 Å². The average Bonchev–Trinajstić information content (AvgIpc) is 3.00. The van der Waals surface area contributed by atoms with Crippen LogP contribution in [0.4, 0.5) is 8.78 Å². The van der Waals surface area contributed by atoms with Crippen molar-refractivity contribution in [2.75, 3.05) is 0 Å². The predicted molar refractivity (Wildman–Crippen MR) is 76.7 cm³/mol. The van der Waals surface area contributed by atoms with Gasteiger partial charge in [0.1, 0.15) is 11.6 Å². The number of rotatable bonds is 3. The minimum Gasteiger partial charge on any atom is -0.337 e. The van der Waals surface area contributed by atoms with E-state index in [1.165, 1.54) is 12.1 Å². The third kappa shape index (κ3) is 2.58. The van der Waals surface area contributed by atoms with Crippen LogP contribution >= 0.6 is 12.2 Å². The zero-order valence-electron chi connectivity index (χ0n) is 10.7. The number of hydrogen-bond donors (Lipinski definition) is 2. The fourth-order valence-corrected chi connectivity index (χ4v) is 2.96. The Morgan fingerprint density at radius 3 is 2.85 bits per heavy atom. The van der Waals surface area contributed by atoms with Crippen LogP contribution in [0.1, 0.15) is 24.1 Å². The number of benzene rings is 1. The molecule has 0 saturated carbocycles. The molecule has 2 nitrogen and oxygen atoms in total. The third-order valence-corrected chi connectivity index (χ3v) is 3.90. The Morgan fingerprint density at radius 2 is 2.15 bits per heavy atom. The molecule has 2 N–H and O–H groups in total. The lowest BCUT2D eigenvalue weighted by Gasteiger charge is -2.15. The van der Waals surface area contributed by atoms with Crippen molar-refractivity contribution in [2.24, 2.45) is 5.92 Å². The van der Waals surface area contributed by atoms with E-state index in [9.17, 15) is 8.78 Å². The van der Waals surface area contributed by atoms with Crippen LogP contribution < -0.4 is 0 Å². The van der Waals surface area contributed by atoms with Gasteiger partial charge in [0, 0.05) is 23.5 Å². The molecular formula is C15H14F2N2S. The van der Waals surface area contributed by atoms with Gasteiger partial charge in [-0.2, -0.15) is 0 Å². The van der Waals surface area contributed by atoms with Gasteiger partial charge in [-0.3, -0.25) is 0 Å². The number of allylic oxidation sites excluding steroid dienone is 2. The van der Waals surface area contributed by atoms with Gasteiger partial charge < -0.3 is 9.97 Å². The highest BCUT2D eigenvalue weighted by molar-refractivity contribution is 7.71. The van der Waals surface area contributed by atoms with Crippen LogP contribution in [0.25, 0.3) is 5.57 Å². The second-order valence-electron chi connectivity index (χ2n) is 5.03. The molecule has 1 aromatic heterocycles. The van der Waals surface area contributed by atoms with Crippen LogP contribution in [0.3, 0.4) is 0 Å². The Balaban J connectivity index is 1.86. The molecule has 0 bridgehead atoms. The summed E-state index contributed by atoms with van der Waals surface area (Å²) in [6.45, 7) is 0. The van der Waals surface area contributed by atoms with Crippen molar-refractivity contribution in [3.63, 3.8) is 0 Å². The zero-order valence-corrected chi connectivity index (χ0v) is 11.6. The number of H-pyrrole nitrogens is 2. The molecule has 1 unspecified atom stereocenters. The molecule has 0 saturated heterocycles. The molecule has 3 rings (SSSR count). The topological polar surface area (TPSA) is 31.6 Å². The van der Waals surface area contributed by atoms with Crippen LogP contribution in [0.15, 0.2) is 30.5 Å². The summed E-state index contributed by atoms with van der Waals surface area (Å²) in [7, 11) is 0. The van der Waals surface area contributed by atoms with Gasteiger partial charge in [0.2, 0.25) is 0 Å². The number of hydrogen-bond acceptors (Lipinski definition) is 1. The van der Waals surface area contributed by atoms with E-state index in [-0.39, 0.29) is 5.92 Å². The molecule has 5 heteroatoms. The van der Waals surface area contributed by atoms with Crippen molar-refractivity contribution < 1.29 is 8.78 Å². The van der Waals surface area contributed by atoms with E-state index in [2.05, 4.69) is 9.97 Å². The molecule has 0 fully saturated rings. The first-order valence-electron chi connectivity index (χ1n) is 6.55. The summed E-state index contributed by atoms with van der Waals surface area (Å²) in [5, 5.41) is 0. The minimum atomic E-state index is -0.545. The quantitative estimate of drug-likeness (QED) is 0.808. The Kier molecular flexibility index (Phi) is 3.53. The summed E-state index contributed by atoms with van der Waals surface area (Å²) in [6.07, 6.45) is 6.55. The molecule has 0 amide bonds. The van der Waals surface area contributed by atoms with Crippen LogP contribution in [0.5, 0.6) is 0 Å². The largest absolute Gasteiger partial charge is 0.337 e. The van der Waals surface area contributed by atoms with E-state index >= 15 is 0 Å². The highest BCUT2D eigenvalue weighted by Gasteiger charge is 2.23. The fourth-order valence-electron chi connectivity index (χ4n) is 2.77. The molecule has 0 aliphatic heterocycles. The van der Waals surface area contributed by atoms with Crippen molar-refractivity contribution >= 4 is 17.8 Å². The molecule has 1 aliphatic carbocycles. The number of nitrogens with one attached hydrogen (secondary N) is 2. The summed E-state index contributed by atoms with van der Waals surface area (Å²) in [5.74, 6) is -0.808. The lowest BCUT2D eigenvalue weighted by atomic mass is 9.91. The van der Waals surface area contributed by atoms with Crippen molar-refractivity contribution in [3.05, 3.63) is 58.1 Å². The van der Waals surface area contributed by atoms with E-state index in [4.69, 9.17) is 12.2 Å². The molecule has 104 valence electrons. The highest BCUT2D eigenvalue weighted by atomic mass is 32.1. The number of halogens is 2. The maximum atomic E-state index is 13.9. The maximum Gasteiger partial charge on any atom is 0.174 e.